The van der Waals surface area contributed by atoms with Gasteiger partial charge in [0, 0.05) is 11.3 Å². The van der Waals surface area contributed by atoms with Crippen molar-refractivity contribution >= 4 is 35.0 Å². The Morgan fingerprint density at radius 1 is 0.968 bits per heavy atom. The Hall–Kier alpha value is -3.12. The third-order valence-corrected chi connectivity index (χ3v) is 7.28. The van der Waals surface area contributed by atoms with E-state index in [1.54, 1.807) is 21.9 Å². The number of fused-ring (bicyclic) bond motifs is 2. The molecule has 2 amide bonds. The van der Waals surface area contributed by atoms with Crippen LogP contribution in [0.5, 0.6) is 0 Å². The van der Waals surface area contributed by atoms with E-state index in [1.807, 2.05) is 48.5 Å². The molecule has 0 saturated carbocycles. The molecule has 1 saturated heterocycles. The highest BCUT2D eigenvalue weighted by Gasteiger charge is 2.60. The van der Waals surface area contributed by atoms with Crippen LogP contribution in [-0.4, -0.2) is 17.6 Å². The zero-order valence-corrected chi connectivity index (χ0v) is 17.9. The third-order valence-electron chi connectivity index (χ3n) is 5.89. The van der Waals surface area contributed by atoms with E-state index in [0.717, 1.165) is 34.5 Å². The summed E-state index contributed by atoms with van der Waals surface area (Å²) >= 11 is 1.37. The van der Waals surface area contributed by atoms with Crippen molar-refractivity contribution in [1.29, 1.82) is 0 Å². The minimum absolute atomic E-state index is 0.0787. The van der Waals surface area contributed by atoms with Crippen LogP contribution < -0.4 is 9.80 Å². The number of halogens is 1. The first-order chi connectivity index (χ1) is 15.0. The normalized spacial score (nSPS) is 20.1. The van der Waals surface area contributed by atoms with Crippen molar-refractivity contribution < 1.29 is 14.0 Å². The van der Waals surface area contributed by atoms with E-state index < -0.39 is 4.87 Å². The molecule has 0 bridgehead atoms. The quantitative estimate of drug-likeness (QED) is 0.591. The van der Waals surface area contributed by atoms with Gasteiger partial charge in [-0.2, -0.15) is 0 Å². The molecule has 1 unspecified atom stereocenters. The van der Waals surface area contributed by atoms with Crippen molar-refractivity contribution in [3.8, 4) is 0 Å². The first kappa shape index (κ1) is 19.8. The SMILES string of the molecule is CCc1cccc(N2C(=O)CSC23C(=O)N(Cc2ccc(F)cc2)c2ccccc23)c1. The molecule has 2 aliphatic rings. The minimum atomic E-state index is -1.12. The van der Waals surface area contributed by atoms with Gasteiger partial charge in [-0.15, -0.1) is 11.8 Å². The number of nitrogens with zero attached hydrogens (tertiary/aromatic N) is 2. The number of aryl methyl sites for hydroxylation is 1. The summed E-state index contributed by atoms with van der Waals surface area (Å²) in [6.45, 7) is 2.38. The summed E-state index contributed by atoms with van der Waals surface area (Å²) in [4.78, 5) is 29.3. The molecule has 6 heteroatoms. The number of hydrogen-bond donors (Lipinski definition) is 0. The van der Waals surface area contributed by atoms with Crippen molar-refractivity contribution in [2.75, 3.05) is 15.6 Å². The molecule has 2 heterocycles. The van der Waals surface area contributed by atoms with E-state index in [4.69, 9.17) is 0 Å². The summed E-state index contributed by atoms with van der Waals surface area (Å²) in [6.07, 6.45) is 0.844. The van der Waals surface area contributed by atoms with Crippen molar-refractivity contribution in [1.82, 2.24) is 0 Å². The summed E-state index contributed by atoms with van der Waals surface area (Å²) in [5, 5.41) is 0. The Kier molecular flexibility index (Phi) is 4.82. The molecule has 5 rings (SSSR count). The molecule has 0 aliphatic carbocycles. The largest absolute Gasteiger partial charge is 0.304 e. The highest BCUT2D eigenvalue weighted by molar-refractivity contribution is 8.02. The van der Waals surface area contributed by atoms with Crippen molar-refractivity contribution in [2.24, 2.45) is 0 Å². The molecule has 1 fully saturated rings. The maximum absolute atomic E-state index is 14.0. The predicted molar refractivity (Wildman–Crippen MR) is 121 cm³/mol. The van der Waals surface area contributed by atoms with E-state index in [9.17, 15) is 14.0 Å². The Balaban J connectivity index is 1.63. The Bertz CT molecular complexity index is 1180. The fourth-order valence-electron chi connectivity index (χ4n) is 4.40. The standard InChI is InChI=1S/C25H21FN2O2S/c1-2-17-6-5-7-20(14-17)28-23(29)16-31-25(28)21-8-3-4-9-22(21)27(24(25)30)15-18-10-12-19(26)13-11-18/h3-14H,2,15-16H2,1H3. The smallest absolute Gasteiger partial charge is 0.269 e. The van der Waals surface area contributed by atoms with Gasteiger partial charge in [0.05, 0.1) is 18.0 Å². The number of benzene rings is 3. The first-order valence-electron chi connectivity index (χ1n) is 10.3. The van der Waals surface area contributed by atoms with E-state index >= 15 is 0 Å². The number of thioether (sulfide) groups is 1. The van der Waals surface area contributed by atoms with Gasteiger partial charge in [-0.3, -0.25) is 14.5 Å². The van der Waals surface area contributed by atoms with Crippen LogP contribution in [0.25, 0.3) is 0 Å². The van der Waals surface area contributed by atoms with Gasteiger partial charge in [0.1, 0.15) is 5.82 Å². The highest BCUT2D eigenvalue weighted by Crippen LogP contribution is 2.55. The topological polar surface area (TPSA) is 40.6 Å². The van der Waals surface area contributed by atoms with Crippen LogP contribution in [0.3, 0.4) is 0 Å². The lowest BCUT2D eigenvalue weighted by atomic mass is 10.0. The first-order valence-corrected chi connectivity index (χ1v) is 11.2. The molecule has 156 valence electrons. The molecule has 1 spiro atoms. The molecule has 3 aromatic carbocycles. The molecular weight excluding hydrogens is 411 g/mol. The maximum Gasteiger partial charge on any atom is 0.269 e. The Morgan fingerprint density at radius 2 is 1.74 bits per heavy atom. The number of hydrogen-bond acceptors (Lipinski definition) is 3. The van der Waals surface area contributed by atoms with Gasteiger partial charge in [-0.05, 0) is 47.9 Å². The zero-order valence-electron chi connectivity index (χ0n) is 17.0. The number of para-hydroxylation sites is 1. The zero-order chi connectivity index (χ0) is 21.6. The van der Waals surface area contributed by atoms with Crippen LogP contribution in [-0.2, 0) is 27.4 Å². The average molecular weight is 433 g/mol. The molecule has 2 aliphatic heterocycles. The van der Waals surface area contributed by atoms with Crippen LogP contribution in [0.15, 0.2) is 72.8 Å². The summed E-state index contributed by atoms with van der Waals surface area (Å²) in [6, 6.07) is 21.6. The second-order valence-corrected chi connectivity index (χ2v) is 8.89. The fourth-order valence-corrected chi connectivity index (χ4v) is 5.76. The van der Waals surface area contributed by atoms with E-state index in [0.29, 0.717) is 6.54 Å². The lowest BCUT2D eigenvalue weighted by Gasteiger charge is -2.33. The number of carbonyl (C=O) groups excluding carboxylic acids is 2. The minimum Gasteiger partial charge on any atom is -0.304 e. The molecule has 31 heavy (non-hydrogen) atoms. The van der Waals surface area contributed by atoms with Gasteiger partial charge in [0.2, 0.25) is 10.8 Å². The summed E-state index contributed by atoms with van der Waals surface area (Å²) < 4.78 is 13.4. The number of anilines is 2. The van der Waals surface area contributed by atoms with Crippen LogP contribution in [0.1, 0.15) is 23.6 Å². The highest BCUT2D eigenvalue weighted by atomic mass is 32.2. The monoisotopic (exact) mass is 432 g/mol. The van der Waals surface area contributed by atoms with Crippen LogP contribution in [0.2, 0.25) is 0 Å². The lowest BCUT2D eigenvalue weighted by Crippen LogP contribution is -2.49. The van der Waals surface area contributed by atoms with Gasteiger partial charge in [-0.1, -0.05) is 49.4 Å². The molecule has 0 radical (unpaired) electrons. The van der Waals surface area contributed by atoms with Crippen molar-refractivity contribution in [3.05, 3.63) is 95.3 Å². The molecule has 0 N–H and O–H groups in total. The van der Waals surface area contributed by atoms with Crippen molar-refractivity contribution in [3.63, 3.8) is 0 Å². The maximum atomic E-state index is 14.0. The second kappa shape index (κ2) is 7.54. The molecule has 1 atom stereocenters. The van der Waals surface area contributed by atoms with Gasteiger partial charge >= 0.3 is 0 Å². The number of carbonyl (C=O) groups is 2. The molecule has 4 nitrogen and oxygen atoms in total. The summed E-state index contributed by atoms with van der Waals surface area (Å²) in [7, 11) is 0. The second-order valence-electron chi connectivity index (χ2n) is 7.72. The molecule has 3 aromatic rings. The Labute approximate surface area is 184 Å². The average Bonchev–Trinajstić information content (AvgIpc) is 3.26. The van der Waals surface area contributed by atoms with Gasteiger partial charge in [-0.25, -0.2) is 4.39 Å². The van der Waals surface area contributed by atoms with Crippen LogP contribution in [0, 0.1) is 5.82 Å². The van der Waals surface area contributed by atoms with E-state index in [1.165, 1.54) is 23.9 Å². The van der Waals surface area contributed by atoms with Crippen molar-refractivity contribution in [2.45, 2.75) is 24.8 Å². The number of rotatable bonds is 4. The Morgan fingerprint density at radius 3 is 2.52 bits per heavy atom. The number of amides is 2. The van der Waals surface area contributed by atoms with Gasteiger partial charge < -0.3 is 4.90 Å². The summed E-state index contributed by atoms with van der Waals surface area (Å²) in [5.74, 6) is -0.297. The van der Waals surface area contributed by atoms with E-state index in [2.05, 4.69) is 6.92 Å². The third kappa shape index (κ3) is 3.05. The fraction of sp³-hybridized carbons (Fsp3) is 0.200. The van der Waals surface area contributed by atoms with Crippen LogP contribution in [0.4, 0.5) is 15.8 Å². The van der Waals surface area contributed by atoms with Gasteiger partial charge in [0.15, 0.2) is 0 Å². The molecular formula is C25H21FN2O2S. The van der Waals surface area contributed by atoms with Gasteiger partial charge in [0.25, 0.3) is 5.91 Å². The van der Waals surface area contributed by atoms with Crippen LogP contribution >= 0.6 is 11.8 Å². The predicted octanol–water partition coefficient (Wildman–Crippen LogP) is 4.87. The molecule has 0 aromatic heterocycles. The lowest BCUT2D eigenvalue weighted by molar-refractivity contribution is -0.123. The van der Waals surface area contributed by atoms with E-state index in [-0.39, 0.29) is 23.4 Å². The summed E-state index contributed by atoms with van der Waals surface area (Å²) in [5.41, 5.74) is 4.28.